The van der Waals surface area contributed by atoms with Crippen molar-refractivity contribution in [3.05, 3.63) is 89.3 Å². The zero-order valence-corrected chi connectivity index (χ0v) is 20.0. The molecule has 2 N–H and O–H groups in total. The van der Waals surface area contributed by atoms with Gasteiger partial charge >= 0.3 is 0 Å². The van der Waals surface area contributed by atoms with Gasteiger partial charge in [-0.3, -0.25) is 19.5 Å². The third kappa shape index (κ3) is 7.36. The fraction of sp³-hybridized carbons (Fsp3) is 0.320. The number of alkyl halides is 1. The lowest BCUT2D eigenvalue weighted by Gasteiger charge is -2.07. The molecule has 1 aromatic carbocycles. The maximum Gasteiger partial charge on any atom is 0.148 e. The van der Waals surface area contributed by atoms with Crippen LogP contribution in [0.3, 0.4) is 0 Å². The van der Waals surface area contributed by atoms with E-state index in [1.54, 1.807) is 35.4 Å². The number of carbonyl (C=O) groups is 1. The largest absolute Gasteiger partial charge is 0.382 e. The second-order valence-electron chi connectivity index (χ2n) is 8.59. The first kappa shape index (κ1) is 24.8. The van der Waals surface area contributed by atoms with Crippen LogP contribution in [0.15, 0.2) is 66.0 Å². The second kappa shape index (κ2) is 11.9. The summed E-state index contributed by atoms with van der Waals surface area (Å²) in [7, 11) is 0. The standard InChI is InChI=1S/C25H28FN9O/c1-18-5-4-6-19(11-18)14-29-25(27)24-17-34(33-31-24)10-8-20(26)15-35-16-22(30-32-35)13-23(36)12-21-7-2-3-9-28-21/h2-7,9,11,16-17,20H,8,10,12-15H2,1H3,(H2,27,29). The van der Waals surface area contributed by atoms with Crippen LogP contribution in [0.25, 0.3) is 0 Å². The molecule has 1 unspecified atom stereocenters. The van der Waals surface area contributed by atoms with Crippen molar-refractivity contribution in [2.45, 2.75) is 52.0 Å². The molecular formula is C25H28FN9O. The van der Waals surface area contributed by atoms with Crippen molar-refractivity contribution in [1.82, 2.24) is 35.0 Å². The normalized spacial score (nSPS) is 12.6. The number of rotatable bonds is 12. The number of aryl methyl sites for hydroxylation is 2. The first-order valence-corrected chi connectivity index (χ1v) is 11.7. The Morgan fingerprint density at radius 2 is 1.89 bits per heavy atom. The molecule has 0 aliphatic carbocycles. The molecule has 0 aliphatic heterocycles. The van der Waals surface area contributed by atoms with E-state index in [9.17, 15) is 9.18 Å². The van der Waals surface area contributed by atoms with Gasteiger partial charge in [0.05, 0.1) is 31.4 Å². The minimum atomic E-state index is -1.18. The molecule has 10 nitrogen and oxygen atoms in total. The summed E-state index contributed by atoms with van der Waals surface area (Å²) in [5.74, 6) is 0.258. The third-order valence-electron chi connectivity index (χ3n) is 5.44. The van der Waals surface area contributed by atoms with Gasteiger partial charge < -0.3 is 5.73 Å². The second-order valence-corrected chi connectivity index (χ2v) is 8.59. The molecule has 3 aromatic heterocycles. The van der Waals surface area contributed by atoms with E-state index >= 15 is 0 Å². The van der Waals surface area contributed by atoms with Gasteiger partial charge in [0.2, 0.25) is 0 Å². The Kier molecular flexibility index (Phi) is 8.22. The molecule has 0 aliphatic rings. The minimum Gasteiger partial charge on any atom is -0.382 e. The summed E-state index contributed by atoms with van der Waals surface area (Å²) in [6, 6.07) is 13.5. The van der Waals surface area contributed by atoms with E-state index in [1.807, 2.05) is 37.3 Å². The van der Waals surface area contributed by atoms with Crippen molar-refractivity contribution < 1.29 is 9.18 Å². The number of pyridine rings is 1. The van der Waals surface area contributed by atoms with Gasteiger partial charge in [-0.05, 0) is 24.6 Å². The minimum absolute atomic E-state index is 0.0266. The van der Waals surface area contributed by atoms with Crippen LogP contribution in [0.4, 0.5) is 4.39 Å². The number of ketones is 1. The first-order valence-electron chi connectivity index (χ1n) is 11.7. The smallest absolute Gasteiger partial charge is 0.148 e. The molecule has 0 saturated carbocycles. The highest BCUT2D eigenvalue weighted by Crippen LogP contribution is 2.08. The Hall–Kier alpha value is -4.28. The highest BCUT2D eigenvalue weighted by Gasteiger charge is 2.14. The van der Waals surface area contributed by atoms with E-state index in [4.69, 9.17) is 5.73 Å². The highest BCUT2D eigenvalue weighted by molar-refractivity contribution is 5.95. The molecular weight excluding hydrogens is 461 g/mol. The lowest BCUT2D eigenvalue weighted by atomic mass is 10.1. The average molecular weight is 490 g/mol. The van der Waals surface area contributed by atoms with Gasteiger partial charge in [-0.15, -0.1) is 10.2 Å². The number of benzene rings is 1. The molecule has 36 heavy (non-hydrogen) atoms. The predicted octanol–water partition coefficient (Wildman–Crippen LogP) is 2.26. The van der Waals surface area contributed by atoms with Gasteiger partial charge in [-0.1, -0.05) is 46.3 Å². The first-order chi connectivity index (χ1) is 17.4. The lowest BCUT2D eigenvalue weighted by molar-refractivity contribution is -0.117. The van der Waals surface area contributed by atoms with E-state index in [-0.39, 0.29) is 37.4 Å². The van der Waals surface area contributed by atoms with Crippen LogP contribution in [-0.2, 0) is 37.3 Å². The number of nitrogens with zero attached hydrogens (tertiary/aromatic N) is 8. The Morgan fingerprint density at radius 3 is 2.69 bits per heavy atom. The van der Waals surface area contributed by atoms with Gasteiger partial charge in [0.15, 0.2) is 0 Å². The zero-order valence-electron chi connectivity index (χ0n) is 20.0. The molecule has 1 atom stereocenters. The van der Waals surface area contributed by atoms with Crippen molar-refractivity contribution in [3.63, 3.8) is 0 Å². The number of aliphatic imine (C=N–C) groups is 1. The van der Waals surface area contributed by atoms with Crippen molar-refractivity contribution >= 4 is 11.6 Å². The zero-order chi connectivity index (χ0) is 25.3. The number of halogens is 1. The van der Waals surface area contributed by atoms with Crippen molar-refractivity contribution in [2.75, 3.05) is 0 Å². The fourth-order valence-electron chi connectivity index (χ4n) is 3.64. The third-order valence-corrected chi connectivity index (χ3v) is 5.44. The Morgan fingerprint density at radius 1 is 1.06 bits per heavy atom. The van der Waals surface area contributed by atoms with Crippen LogP contribution in [0.5, 0.6) is 0 Å². The number of aromatic nitrogens is 7. The van der Waals surface area contributed by atoms with Gasteiger partial charge in [-0.2, -0.15) is 0 Å². The lowest BCUT2D eigenvalue weighted by Crippen LogP contribution is -2.15. The molecule has 0 radical (unpaired) electrons. The van der Waals surface area contributed by atoms with Gasteiger partial charge in [0, 0.05) is 37.5 Å². The number of carbonyl (C=O) groups excluding carboxylic acids is 1. The van der Waals surface area contributed by atoms with Crippen LogP contribution in [0.2, 0.25) is 0 Å². The number of Topliss-reactive ketones (excluding diaryl/α,β-unsaturated/α-hetero) is 1. The molecule has 0 fully saturated rings. The van der Waals surface area contributed by atoms with Crippen LogP contribution in [-0.4, -0.2) is 52.8 Å². The number of hydrogen-bond acceptors (Lipinski definition) is 7. The molecule has 4 rings (SSSR count). The van der Waals surface area contributed by atoms with Crippen molar-refractivity contribution in [2.24, 2.45) is 10.7 Å². The number of hydrogen-bond donors (Lipinski definition) is 1. The topological polar surface area (TPSA) is 130 Å². The molecule has 0 amide bonds. The van der Waals surface area contributed by atoms with Crippen LogP contribution < -0.4 is 5.73 Å². The van der Waals surface area contributed by atoms with E-state index < -0.39 is 6.17 Å². The Bertz CT molecular complexity index is 1320. The molecule has 0 spiro atoms. The monoisotopic (exact) mass is 489 g/mol. The summed E-state index contributed by atoms with van der Waals surface area (Å²) in [6.45, 7) is 2.82. The number of nitrogens with two attached hydrogens (primary N) is 1. The average Bonchev–Trinajstić information content (AvgIpc) is 3.51. The summed E-state index contributed by atoms with van der Waals surface area (Å²) in [6.07, 6.45) is 4.28. The van der Waals surface area contributed by atoms with E-state index in [1.165, 1.54) is 4.68 Å². The predicted molar refractivity (Wildman–Crippen MR) is 132 cm³/mol. The van der Waals surface area contributed by atoms with Crippen LogP contribution in [0, 0.1) is 6.92 Å². The fourth-order valence-corrected chi connectivity index (χ4v) is 3.64. The van der Waals surface area contributed by atoms with Crippen LogP contribution >= 0.6 is 0 Å². The molecule has 186 valence electrons. The Labute approximate surface area is 208 Å². The van der Waals surface area contributed by atoms with Crippen molar-refractivity contribution in [1.29, 1.82) is 0 Å². The summed E-state index contributed by atoms with van der Waals surface area (Å²) in [5, 5.41) is 16.0. The van der Waals surface area contributed by atoms with Crippen molar-refractivity contribution in [3.8, 4) is 0 Å². The molecule has 0 bridgehead atoms. The van der Waals surface area contributed by atoms with E-state index in [2.05, 4.69) is 30.6 Å². The molecule has 0 saturated heterocycles. The van der Waals surface area contributed by atoms with E-state index in [0.29, 0.717) is 30.2 Å². The quantitative estimate of drug-likeness (QED) is 0.239. The summed E-state index contributed by atoms with van der Waals surface area (Å²) >= 11 is 0. The van der Waals surface area contributed by atoms with E-state index in [0.717, 1.165) is 11.1 Å². The molecule has 11 heteroatoms. The maximum atomic E-state index is 14.6. The van der Waals surface area contributed by atoms with Crippen LogP contribution in [0.1, 0.15) is 34.6 Å². The SMILES string of the molecule is Cc1cccc(CN=C(N)c2cn(CCC(F)Cn3cc(CC(=O)Cc4ccccn4)nn3)nn2)c1. The number of amidine groups is 1. The molecule has 4 aromatic rings. The molecule has 3 heterocycles. The summed E-state index contributed by atoms with van der Waals surface area (Å²) in [5.41, 5.74) is 9.92. The summed E-state index contributed by atoms with van der Waals surface area (Å²) < 4.78 is 17.5. The van der Waals surface area contributed by atoms with Gasteiger partial charge in [0.25, 0.3) is 0 Å². The summed E-state index contributed by atoms with van der Waals surface area (Å²) in [4.78, 5) is 20.7. The highest BCUT2D eigenvalue weighted by atomic mass is 19.1. The van der Waals surface area contributed by atoms with Gasteiger partial charge in [0.1, 0.15) is 23.5 Å². The maximum absolute atomic E-state index is 14.6. The Balaban J connectivity index is 1.22. The van der Waals surface area contributed by atoms with Gasteiger partial charge in [-0.25, -0.2) is 9.07 Å².